The van der Waals surface area contributed by atoms with Gasteiger partial charge in [0.15, 0.2) is 5.76 Å². The predicted molar refractivity (Wildman–Crippen MR) is 172 cm³/mol. The van der Waals surface area contributed by atoms with E-state index in [0.717, 1.165) is 50.0 Å². The van der Waals surface area contributed by atoms with Crippen molar-refractivity contribution in [1.82, 2.24) is 19.9 Å². The minimum atomic E-state index is -0.923. The minimum Gasteiger partial charge on any atom is -0.481 e. The van der Waals surface area contributed by atoms with Gasteiger partial charge in [0, 0.05) is 40.5 Å². The standard InChI is InChI=1S/C34H34N4O6/c1-7-21-16(2)26-14-31-34(20(6)44-43)19(5)27(38-31)12-24-17(3)22(8-10-32(39)40)29(36-24)15-30-23(9-11-33(41)42)18(4)25(37-30)13-28(21)35-26/h7,12-15,35,38,43H,1,6,8-11H2,2-5H3,(H,39,40)(H,41,42). The van der Waals surface area contributed by atoms with Crippen LogP contribution in [-0.4, -0.2) is 47.3 Å². The van der Waals surface area contributed by atoms with Crippen LogP contribution in [0.25, 0.3) is 56.2 Å². The van der Waals surface area contributed by atoms with Gasteiger partial charge in [0.2, 0.25) is 0 Å². The van der Waals surface area contributed by atoms with E-state index in [0.29, 0.717) is 39.4 Å². The van der Waals surface area contributed by atoms with Crippen molar-refractivity contribution >= 4 is 68.1 Å². The number of nitrogens with zero attached hydrogens (tertiary/aromatic N) is 2. The zero-order valence-corrected chi connectivity index (χ0v) is 25.1. The lowest BCUT2D eigenvalue weighted by molar-refractivity contribution is -0.169. The van der Waals surface area contributed by atoms with Gasteiger partial charge in [-0.2, -0.15) is 0 Å². The predicted octanol–water partition coefficient (Wildman–Crippen LogP) is 7.63. The van der Waals surface area contributed by atoms with E-state index < -0.39 is 11.9 Å². The number of hydrogen-bond donors (Lipinski definition) is 5. The lowest BCUT2D eigenvalue weighted by Crippen LogP contribution is -1.97. The zero-order chi connectivity index (χ0) is 31.9. The Morgan fingerprint density at radius 2 is 1.27 bits per heavy atom. The molecule has 0 saturated carbocycles. The van der Waals surface area contributed by atoms with E-state index in [2.05, 4.69) is 28.0 Å². The third-order valence-electron chi connectivity index (χ3n) is 8.35. The topological polar surface area (TPSA) is 161 Å². The normalized spacial score (nSPS) is 12.9. The van der Waals surface area contributed by atoms with Crippen molar-refractivity contribution in [3.8, 4) is 0 Å². The van der Waals surface area contributed by atoms with E-state index in [1.165, 1.54) is 0 Å². The van der Waals surface area contributed by atoms with Crippen LogP contribution >= 0.6 is 0 Å². The molecule has 0 radical (unpaired) electrons. The van der Waals surface area contributed by atoms with Crippen molar-refractivity contribution in [3.63, 3.8) is 0 Å². The summed E-state index contributed by atoms with van der Waals surface area (Å²) in [6.07, 6.45) is 2.15. The number of allylic oxidation sites excluding steroid dienone is 4. The molecule has 44 heavy (non-hydrogen) atoms. The van der Waals surface area contributed by atoms with Gasteiger partial charge in [-0.3, -0.25) is 9.59 Å². The van der Waals surface area contributed by atoms with Crippen LogP contribution in [0, 0.1) is 13.8 Å². The van der Waals surface area contributed by atoms with Crippen LogP contribution in [0.3, 0.4) is 0 Å². The fourth-order valence-corrected chi connectivity index (χ4v) is 5.89. The second-order valence-electron chi connectivity index (χ2n) is 11.0. The third-order valence-corrected chi connectivity index (χ3v) is 8.35. The molecule has 226 valence electrons. The van der Waals surface area contributed by atoms with Crippen LogP contribution < -0.4 is 0 Å². The third kappa shape index (κ3) is 5.47. The van der Waals surface area contributed by atoms with Gasteiger partial charge in [-0.1, -0.05) is 19.2 Å². The summed E-state index contributed by atoms with van der Waals surface area (Å²) in [5.74, 6) is -1.76. The maximum Gasteiger partial charge on any atom is 0.303 e. The van der Waals surface area contributed by atoms with Crippen molar-refractivity contribution in [3.05, 3.63) is 82.5 Å². The largest absolute Gasteiger partial charge is 0.481 e. The van der Waals surface area contributed by atoms with Gasteiger partial charge in [0.25, 0.3) is 0 Å². The molecule has 10 nitrogen and oxygen atoms in total. The molecule has 3 aromatic rings. The highest BCUT2D eigenvalue weighted by Gasteiger charge is 2.23. The second kappa shape index (κ2) is 11.8. The van der Waals surface area contributed by atoms with Gasteiger partial charge in [-0.25, -0.2) is 15.2 Å². The molecule has 0 fully saturated rings. The van der Waals surface area contributed by atoms with Crippen LogP contribution in [0.5, 0.6) is 0 Å². The van der Waals surface area contributed by atoms with Crippen LogP contribution in [0.2, 0.25) is 0 Å². The summed E-state index contributed by atoms with van der Waals surface area (Å²) in [5.41, 5.74) is 11.8. The summed E-state index contributed by atoms with van der Waals surface area (Å²) in [6.45, 7) is 15.6. The molecule has 5 rings (SSSR count). The van der Waals surface area contributed by atoms with Gasteiger partial charge in [-0.15, -0.1) is 0 Å². The highest BCUT2D eigenvalue weighted by Crippen LogP contribution is 2.38. The fourth-order valence-electron chi connectivity index (χ4n) is 5.89. The van der Waals surface area contributed by atoms with Gasteiger partial charge in [0.1, 0.15) is 0 Å². The molecular weight excluding hydrogens is 560 g/mol. The molecule has 0 spiro atoms. The highest BCUT2D eigenvalue weighted by molar-refractivity contribution is 5.97. The summed E-state index contributed by atoms with van der Waals surface area (Å²) in [4.78, 5) is 44.4. The monoisotopic (exact) mass is 594 g/mol. The van der Waals surface area contributed by atoms with Crippen LogP contribution in [0.4, 0.5) is 0 Å². The first-order chi connectivity index (χ1) is 20.9. The Morgan fingerprint density at radius 3 is 1.77 bits per heavy atom. The average molecular weight is 595 g/mol. The highest BCUT2D eigenvalue weighted by atomic mass is 17.1. The Balaban J connectivity index is 1.95. The first kappa shape index (κ1) is 30.2. The number of H-pyrrole nitrogens is 2. The molecule has 10 heteroatoms. The van der Waals surface area contributed by atoms with Gasteiger partial charge in [0.05, 0.1) is 28.3 Å². The number of aryl methyl sites for hydroxylation is 2. The number of carboxylic acid groups (broad SMARTS) is 2. The first-order valence-electron chi connectivity index (χ1n) is 14.2. The maximum atomic E-state index is 11.5. The first-order valence-corrected chi connectivity index (χ1v) is 14.2. The SMILES string of the molecule is C=Cc1c(C)c2cc3[nH]c(cc4nc(cc5nc(cc1[nH]2)C(C)=C5CCC(=O)O)C(CCC(=O)O)=C4C)c(C)c3C(=C)OO. The summed E-state index contributed by atoms with van der Waals surface area (Å²) in [7, 11) is 0. The van der Waals surface area contributed by atoms with E-state index in [1.54, 1.807) is 6.08 Å². The van der Waals surface area contributed by atoms with E-state index in [4.69, 9.17) is 9.97 Å². The van der Waals surface area contributed by atoms with E-state index in [1.807, 2.05) is 52.0 Å². The Morgan fingerprint density at radius 1 is 0.773 bits per heavy atom. The number of aromatic amines is 2. The molecule has 0 amide bonds. The lowest BCUT2D eigenvalue weighted by atomic mass is 9.98. The average Bonchev–Trinajstić information content (AvgIpc) is 3.63. The van der Waals surface area contributed by atoms with Crippen molar-refractivity contribution in [2.45, 2.75) is 53.4 Å². The van der Waals surface area contributed by atoms with Gasteiger partial charge < -0.3 is 25.1 Å². The zero-order valence-electron chi connectivity index (χ0n) is 25.1. The summed E-state index contributed by atoms with van der Waals surface area (Å²) in [5, 5.41) is 28.5. The van der Waals surface area contributed by atoms with E-state index in [-0.39, 0.29) is 31.4 Å². The molecule has 5 N–H and O–H groups in total. The number of nitrogens with one attached hydrogen (secondary N) is 2. The lowest BCUT2D eigenvalue weighted by Gasteiger charge is -2.05. The number of aromatic nitrogens is 4. The summed E-state index contributed by atoms with van der Waals surface area (Å²) in [6, 6.07) is 7.52. The quantitative estimate of drug-likeness (QED) is 0.0960. The smallest absolute Gasteiger partial charge is 0.303 e. The molecule has 5 heterocycles. The molecule has 0 atom stereocenters. The number of carboxylic acids is 2. The van der Waals surface area contributed by atoms with Crippen LogP contribution in [0.15, 0.2) is 37.4 Å². The molecule has 0 unspecified atom stereocenters. The van der Waals surface area contributed by atoms with E-state index in [9.17, 15) is 25.1 Å². The number of hydrogen-bond acceptors (Lipinski definition) is 6. The number of fused-ring (bicyclic) bond motifs is 8. The number of carbonyl (C=O) groups is 2. The summed E-state index contributed by atoms with van der Waals surface area (Å²) >= 11 is 0. The van der Waals surface area contributed by atoms with Crippen molar-refractivity contribution < 1.29 is 29.9 Å². The molecule has 2 aliphatic rings. The van der Waals surface area contributed by atoms with Crippen molar-refractivity contribution in [1.29, 1.82) is 0 Å². The van der Waals surface area contributed by atoms with Crippen LogP contribution in [0.1, 0.15) is 84.6 Å². The van der Waals surface area contributed by atoms with Crippen molar-refractivity contribution in [2.24, 2.45) is 0 Å². The van der Waals surface area contributed by atoms with Gasteiger partial charge in [-0.05, 0) is 98.2 Å². The molecule has 2 aliphatic heterocycles. The van der Waals surface area contributed by atoms with E-state index >= 15 is 0 Å². The molecule has 0 saturated heterocycles. The Hall–Kier alpha value is -5.22. The van der Waals surface area contributed by atoms with Crippen molar-refractivity contribution in [2.75, 3.05) is 0 Å². The number of aliphatic carboxylic acids is 2. The Labute approximate surface area is 253 Å². The fraction of sp³-hybridized carbons (Fsp3) is 0.235. The molecular formula is C34H34N4O6. The molecule has 3 aromatic heterocycles. The summed E-state index contributed by atoms with van der Waals surface area (Å²) < 4.78 is 0. The minimum absolute atomic E-state index is 0.0663. The molecule has 0 aliphatic carbocycles. The van der Waals surface area contributed by atoms with Gasteiger partial charge >= 0.3 is 11.9 Å². The molecule has 8 bridgehead atoms. The second-order valence-corrected chi connectivity index (χ2v) is 11.0. The van der Waals surface area contributed by atoms with Crippen LogP contribution in [-0.2, 0) is 14.5 Å². The Bertz CT molecular complexity index is 1990. The Kier molecular flexibility index (Phi) is 8.12. The maximum absolute atomic E-state index is 11.5. The molecule has 0 aromatic carbocycles. The number of rotatable bonds is 9.